The van der Waals surface area contributed by atoms with Crippen LogP contribution >= 0.6 is 7.92 Å². The summed E-state index contributed by atoms with van der Waals surface area (Å²) in [6.45, 7) is 3.39. The Labute approximate surface area is 146 Å². The molecule has 1 aliphatic carbocycles. The molecule has 24 heavy (non-hydrogen) atoms. The van der Waals surface area contributed by atoms with E-state index in [9.17, 15) is 4.79 Å². The minimum Gasteiger partial charge on any atom is -0.462 e. The molecule has 2 nitrogen and oxygen atoms in total. The number of ether oxygens (including phenoxy) is 1. The Kier molecular flexibility index (Phi) is 5.68. The van der Waals surface area contributed by atoms with Crippen molar-refractivity contribution in [2.45, 2.75) is 20.0 Å². The van der Waals surface area contributed by atoms with Gasteiger partial charge in [0.2, 0.25) is 0 Å². The lowest BCUT2D eigenvalue weighted by atomic mass is 10.0. The van der Waals surface area contributed by atoms with Crippen LogP contribution in [0.3, 0.4) is 0 Å². The van der Waals surface area contributed by atoms with E-state index in [1.807, 2.05) is 25.5 Å². The standard InChI is InChI=1S/C21H20O2P/c1-16(23-17(2)22)20-14-9-15-21(20)24(18-10-5-3-6-11-18)19-12-7-4-8-13-19/h3-16H,1-2H3. The fraction of sp³-hybridized carbons (Fsp3) is 0.143. The Morgan fingerprint density at radius 2 is 1.46 bits per heavy atom. The number of rotatable bonds is 5. The number of hydrogen-bond acceptors (Lipinski definition) is 2. The van der Waals surface area contributed by atoms with E-state index in [4.69, 9.17) is 4.74 Å². The molecule has 1 fully saturated rings. The van der Waals surface area contributed by atoms with Crippen LogP contribution in [0.5, 0.6) is 0 Å². The molecule has 2 aromatic carbocycles. The zero-order chi connectivity index (χ0) is 16.9. The van der Waals surface area contributed by atoms with Crippen molar-refractivity contribution in [1.29, 1.82) is 0 Å². The average Bonchev–Trinajstić information content (AvgIpc) is 3.06. The van der Waals surface area contributed by atoms with Gasteiger partial charge in [-0.05, 0) is 44.7 Å². The van der Waals surface area contributed by atoms with E-state index in [0.717, 1.165) is 5.92 Å². The third-order valence-corrected chi connectivity index (χ3v) is 6.39. The maximum absolute atomic E-state index is 11.4. The monoisotopic (exact) mass is 335 g/mol. The van der Waals surface area contributed by atoms with E-state index in [2.05, 4.69) is 61.4 Å². The smallest absolute Gasteiger partial charge is 0.302 e. The highest BCUT2D eigenvalue weighted by Gasteiger charge is 2.40. The summed E-state index contributed by atoms with van der Waals surface area (Å²) in [5, 5.41) is 2.59. The zero-order valence-electron chi connectivity index (χ0n) is 13.8. The number of hydrogen-bond donors (Lipinski definition) is 0. The van der Waals surface area contributed by atoms with E-state index in [-0.39, 0.29) is 12.1 Å². The summed E-state index contributed by atoms with van der Waals surface area (Å²) in [7, 11) is -0.678. The summed E-state index contributed by atoms with van der Waals surface area (Å²) in [5.41, 5.74) is 1.25. The highest BCUT2D eigenvalue weighted by atomic mass is 31.1. The second kappa shape index (κ2) is 7.94. The van der Waals surface area contributed by atoms with Crippen LogP contribution in [-0.4, -0.2) is 12.1 Å². The maximum atomic E-state index is 11.4. The van der Waals surface area contributed by atoms with Gasteiger partial charge >= 0.3 is 5.97 Å². The van der Waals surface area contributed by atoms with Gasteiger partial charge in [-0.15, -0.1) is 0 Å². The number of esters is 1. The van der Waals surface area contributed by atoms with Crippen molar-refractivity contribution < 1.29 is 9.53 Å². The third kappa shape index (κ3) is 3.87. The maximum Gasteiger partial charge on any atom is 0.302 e. The second-order valence-electron chi connectivity index (χ2n) is 5.62. The molecule has 0 saturated heterocycles. The number of carbonyl (C=O) groups excluding carboxylic acids is 1. The topological polar surface area (TPSA) is 26.3 Å². The van der Waals surface area contributed by atoms with Gasteiger partial charge in [0.1, 0.15) is 6.10 Å². The molecule has 121 valence electrons. The summed E-state index contributed by atoms with van der Waals surface area (Å²) < 4.78 is 5.43. The summed E-state index contributed by atoms with van der Waals surface area (Å²) in [6.07, 6.45) is 6.02. The van der Waals surface area contributed by atoms with Crippen molar-refractivity contribution in [1.82, 2.24) is 0 Å². The summed E-state index contributed by atoms with van der Waals surface area (Å²) >= 11 is 0. The lowest BCUT2D eigenvalue weighted by molar-refractivity contribution is -0.144. The molecule has 3 rings (SSSR count). The molecule has 1 unspecified atom stereocenters. The lowest BCUT2D eigenvalue weighted by Crippen LogP contribution is -2.27. The Bertz CT molecular complexity index is 617. The van der Waals surface area contributed by atoms with Gasteiger partial charge in [-0.1, -0.05) is 60.7 Å². The van der Waals surface area contributed by atoms with Crippen LogP contribution in [0, 0.1) is 30.8 Å². The molecule has 0 aliphatic heterocycles. The minimum absolute atomic E-state index is 0.245. The van der Waals surface area contributed by atoms with Crippen LogP contribution in [-0.2, 0) is 9.53 Å². The Hall–Kier alpha value is -1.66. The van der Waals surface area contributed by atoms with Crippen molar-refractivity contribution in [3.05, 3.63) is 91.5 Å². The van der Waals surface area contributed by atoms with E-state index in [0.29, 0.717) is 0 Å². The van der Waals surface area contributed by atoms with Crippen LogP contribution in [0.1, 0.15) is 13.8 Å². The Morgan fingerprint density at radius 3 is 1.96 bits per heavy atom. The van der Waals surface area contributed by atoms with Crippen molar-refractivity contribution in [3.63, 3.8) is 0 Å². The summed E-state index contributed by atoms with van der Waals surface area (Å²) in [5.74, 6) is 0.836. The molecule has 1 atom stereocenters. The first kappa shape index (κ1) is 17.2. The van der Waals surface area contributed by atoms with Crippen molar-refractivity contribution >= 4 is 24.5 Å². The molecule has 2 aromatic rings. The normalized spacial score (nSPS) is 17.1. The Morgan fingerprint density at radius 1 is 0.917 bits per heavy atom. The van der Waals surface area contributed by atoms with Gasteiger partial charge in [-0.3, -0.25) is 4.79 Å². The van der Waals surface area contributed by atoms with Crippen molar-refractivity contribution in [2.75, 3.05) is 0 Å². The predicted octanol–water partition coefficient (Wildman–Crippen LogP) is 3.80. The van der Waals surface area contributed by atoms with Crippen molar-refractivity contribution in [3.8, 4) is 0 Å². The fourth-order valence-electron chi connectivity index (χ4n) is 2.87. The SMILES string of the molecule is CC(=O)OC(C)[C]1[CH][CH][CH][C]1P(c1ccccc1)c1ccccc1. The zero-order valence-corrected chi connectivity index (χ0v) is 14.7. The van der Waals surface area contributed by atoms with Crippen LogP contribution in [0.15, 0.2) is 60.7 Å². The van der Waals surface area contributed by atoms with E-state index in [1.54, 1.807) is 0 Å². The van der Waals surface area contributed by atoms with E-state index >= 15 is 0 Å². The third-order valence-electron chi connectivity index (χ3n) is 3.88. The molecule has 1 saturated carbocycles. The first-order chi connectivity index (χ1) is 11.7. The van der Waals surface area contributed by atoms with Gasteiger partial charge in [-0.2, -0.15) is 0 Å². The largest absolute Gasteiger partial charge is 0.462 e. The molecule has 0 bridgehead atoms. The van der Waals surface area contributed by atoms with Crippen LogP contribution < -0.4 is 10.6 Å². The molecule has 0 heterocycles. The summed E-state index contributed by atoms with van der Waals surface area (Å²) in [6, 6.07) is 21.1. The highest BCUT2D eigenvalue weighted by molar-refractivity contribution is 7.76. The number of benzene rings is 2. The molecular formula is C21H20O2P. The molecule has 0 N–H and O–H groups in total. The van der Waals surface area contributed by atoms with Gasteiger partial charge in [-0.25, -0.2) is 0 Å². The predicted molar refractivity (Wildman–Crippen MR) is 99.7 cm³/mol. The molecule has 1 aliphatic rings. The number of carbonyl (C=O) groups is 1. The molecule has 0 aromatic heterocycles. The first-order valence-electron chi connectivity index (χ1n) is 8.00. The minimum atomic E-state index is -0.678. The van der Waals surface area contributed by atoms with Gasteiger partial charge in [0.05, 0.1) is 0 Å². The second-order valence-corrected chi connectivity index (χ2v) is 7.81. The van der Waals surface area contributed by atoms with Crippen molar-refractivity contribution in [2.24, 2.45) is 0 Å². The quantitative estimate of drug-likeness (QED) is 0.614. The van der Waals surface area contributed by atoms with Crippen LogP contribution in [0.4, 0.5) is 0 Å². The molecule has 3 heteroatoms. The first-order valence-corrected chi connectivity index (χ1v) is 9.34. The van der Waals surface area contributed by atoms with E-state index < -0.39 is 7.92 Å². The van der Waals surface area contributed by atoms with Gasteiger partial charge in [0, 0.05) is 18.5 Å². The molecule has 5 radical (unpaired) electrons. The molecule has 0 amide bonds. The van der Waals surface area contributed by atoms with Crippen LogP contribution in [0.25, 0.3) is 0 Å². The summed E-state index contributed by atoms with van der Waals surface area (Å²) in [4.78, 5) is 11.4. The van der Waals surface area contributed by atoms with Crippen LogP contribution in [0.2, 0.25) is 0 Å². The van der Waals surface area contributed by atoms with Gasteiger partial charge in [0.15, 0.2) is 0 Å². The highest BCUT2D eigenvalue weighted by Crippen LogP contribution is 2.57. The lowest BCUT2D eigenvalue weighted by Gasteiger charge is -2.31. The average molecular weight is 335 g/mol. The molecular weight excluding hydrogens is 315 g/mol. The Balaban J connectivity index is 1.94. The van der Waals surface area contributed by atoms with Gasteiger partial charge < -0.3 is 4.74 Å². The molecule has 0 spiro atoms. The van der Waals surface area contributed by atoms with Gasteiger partial charge in [0.25, 0.3) is 0 Å². The fourth-order valence-corrected chi connectivity index (χ4v) is 5.41. The van der Waals surface area contributed by atoms with E-state index in [1.165, 1.54) is 23.2 Å².